The van der Waals surface area contributed by atoms with Gasteiger partial charge in [-0.3, -0.25) is 4.79 Å². The van der Waals surface area contributed by atoms with E-state index in [0.717, 1.165) is 16.9 Å². The third kappa shape index (κ3) is 4.35. The Morgan fingerprint density at radius 3 is 2.55 bits per heavy atom. The van der Waals surface area contributed by atoms with Crippen LogP contribution in [0.25, 0.3) is 0 Å². The molecule has 0 aliphatic carbocycles. The summed E-state index contributed by atoms with van der Waals surface area (Å²) in [6, 6.07) is 13.8. The number of carbonyl (C=O) groups is 1. The smallest absolute Gasteiger partial charge is 0.162 e. The van der Waals surface area contributed by atoms with Crippen LogP contribution in [0.5, 0.6) is 5.75 Å². The van der Waals surface area contributed by atoms with Crippen molar-refractivity contribution in [1.82, 2.24) is 0 Å². The molecule has 0 N–H and O–H groups in total. The maximum Gasteiger partial charge on any atom is 0.162 e. The number of benzene rings is 2. The molecular weight excluding hydrogens is 296 g/mol. The van der Waals surface area contributed by atoms with Crippen LogP contribution >= 0.6 is 11.6 Å². The second-order valence-electron chi connectivity index (χ2n) is 5.41. The van der Waals surface area contributed by atoms with E-state index in [4.69, 9.17) is 16.3 Å². The molecule has 0 heterocycles. The normalized spacial score (nSPS) is 10.5. The van der Waals surface area contributed by atoms with Crippen LogP contribution in [-0.2, 0) is 6.61 Å². The summed E-state index contributed by atoms with van der Waals surface area (Å²) in [7, 11) is 0. The molecule has 2 rings (SSSR count). The molecule has 2 nitrogen and oxygen atoms in total. The lowest BCUT2D eigenvalue weighted by molar-refractivity contribution is 0.0982. The fourth-order valence-corrected chi connectivity index (χ4v) is 2.42. The highest BCUT2D eigenvalue weighted by atomic mass is 35.5. The van der Waals surface area contributed by atoms with Crippen molar-refractivity contribution < 1.29 is 9.53 Å². The van der Waals surface area contributed by atoms with Gasteiger partial charge in [0.05, 0.1) is 0 Å². The van der Waals surface area contributed by atoms with E-state index in [9.17, 15) is 4.79 Å². The van der Waals surface area contributed by atoms with Crippen molar-refractivity contribution in [3.05, 3.63) is 64.7 Å². The van der Waals surface area contributed by atoms with Gasteiger partial charge in [-0.25, -0.2) is 0 Å². The van der Waals surface area contributed by atoms with E-state index in [0.29, 0.717) is 25.3 Å². The van der Waals surface area contributed by atoms with Gasteiger partial charge in [-0.2, -0.15) is 0 Å². The lowest BCUT2D eigenvalue weighted by Crippen LogP contribution is -2.02. The zero-order valence-electron chi connectivity index (χ0n) is 13.1. The molecule has 0 bridgehead atoms. The number of alkyl halides is 1. The van der Waals surface area contributed by atoms with Crippen molar-refractivity contribution in [2.75, 3.05) is 5.88 Å². The molecule has 0 saturated heterocycles. The Balaban J connectivity index is 2.04. The molecule has 0 radical (unpaired) electrons. The zero-order valence-corrected chi connectivity index (χ0v) is 13.8. The SMILES string of the molecule is Cc1ccccc1COc1ccc(C(=O)CCCCl)cc1C. The van der Waals surface area contributed by atoms with Crippen molar-refractivity contribution in [3.8, 4) is 5.75 Å². The molecule has 0 saturated carbocycles. The first-order chi connectivity index (χ1) is 10.6. The first kappa shape index (κ1) is 16.6. The first-order valence-electron chi connectivity index (χ1n) is 7.49. The maximum absolute atomic E-state index is 12.0. The fourth-order valence-electron chi connectivity index (χ4n) is 2.28. The number of rotatable bonds is 7. The Bertz CT molecular complexity index is 650. The Kier molecular flexibility index (Phi) is 6.02. The Morgan fingerprint density at radius 1 is 1.09 bits per heavy atom. The number of halogens is 1. The minimum atomic E-state index is 0.134. The van der Waals surface area contributed by atoms with E-state index in [1.807, 2.05) is 37.3 Å². The molecule has 0 unspecified atom stereocenters. The molecule has 22 heavy (non-hydrogen) atoms. The van der Waals surface area contributed by atoms with E-state index in [2.05, 4.69) is 19.1 Å². The second kappa shape index (κ2) is 8.00. The lowest BCUT2D eigenvalue weighted by Gasteiger charge is -2.12. The van der Waals surface area contributed by atoms with E-state index < -0.39 is 0 Å². The van der Waals surface area contributed by atoms with Gasteiger partial charge in [0.2, 0.25) is 0 Å². The predicted octanol–water partition coefficient (Wildman–Crippen LogP) is 5.08. The Hall–Kier alpha value is -1.80. The second-order valence-corrected chi connectivity index (χ2v) is 5.79. The number of ketones is 1. The predicted molar refractivity (Wildman–Crippen MR) is 91.0 cm³/mol. The van der Waals surface area contributed by atoms with Crippen molar-refractivity contribution in [2.45, 2.75) is 33.3 Å². The fraction of sp³-hybridized carbons (Fsp3) is 0.316. The number of Topliss-reactive ketones (excluding diaryl/α,β-unsaturated/α-hetero) is 1. The van der Waals surface area contributed by atoms with Crippen LogP contribution in [0.4, 0.5) is 0 Å². The molecule has 0 amide bonds. The summed E-state index contributed by atoms with van der Waals surface area (Å²) in [5.41, 5.74) is 4.09. The van der Waals surface area contributed by atoms with Gasteiger partial charge in [-0.05, 0) is 55.2 Å². The minimum absolute atomic E-state index is 0.134. The average Bonchev–Trinajstić information content (AvgIpc) is 2.52. The quantitative estimate of drug-likeness (QED) is 0.525. The van der Waals surface area contributed by atoms with Crippen LogP contribution in [0, 0.1) is 13.8 Å². The van der Waals surface area contributed by atoms with Gasteiger partial charge in [0.15, 0.2) is 5.78 Å². The topological polar surface area (TPSA) is 26.3 Å². The van der Waals surface area contributed by atoms with Gasteiger partial charge >= 0.3 is 0 Å². The van der Waals surface area contributed by atoms with E-state index in [1.54, 1.807) is 0 Å². The van der Waals surface area contributed by atoms with Crippen molar-refractivity contribution in [3.63, 3.8) is 0 Å². The molecule has 3 heteroatoms. The van der Waals surface area contributed by atoms with Crippen LogP contribution < -0.4 is 4.74 Å². The number of carbonyl (C=O) groups excluding carboxylic acids is 1. The minimum Gasteiger partial charge on any atom is -0.489 e. The molecule has 2 aromatic carbocycles. The molecule has 2 aromatic rings. The molecule has 0 aliphatic rings. The molecule has 0 spiro atoms. The summed E-state index contributed by atoms with van der Waals surface area (Å²) in [5, 5.41) is 0. The average molecular weight is 317 g/mol. The molecule has 0 atom stereocenters. The van der Waals surface area contributed by atoms with Crippen LogP contribution in [0.2, 0.25) is 0 Å². The van der Waals surface area contributed by atoms with Crippen molar-refractivity contribution >= 4 is 17.4 Å². The highest BCUT2D eigenvalue weighted by molar-refractivity contribution is 6.18. The summed E-state index contributed by atoms with van der Waals surface area (Å²) in [6.45, 7) is 4.57. The third-order valence-corrected chi connectivity index (χ3v) is 3.95. The van der Waals surface area contributed by atoms with E-state index in [-0.39, 0.29) is 5.78 Å². The highest BCUT2D eigenvalue weighted by Gasteiger charge is 2.08. The number of aryl methyl sites for hydroxylation is 2. The van der Waals surface area contributed by atoms with Crippen molar-refractivity contribution in [2.24, 2.45) is 0 Å². The monoisotopic (exact) mass is 316 g/mol. The van der Waals surface area contributed by atoms with E-state index in [1.165, 1.54) is 11.1 Å². The van der Waals surface area contributed by atoms with Gasteiger partial charge < -0.3 is 4.74 Å². The number of hydrogen-bond acceptors (Lipinski definition) is 2. The summed E-state index contributed by atoms with van der Waals surface area (Å²) < 4.78 is 5.89. The van der Waals surface area contributed by atoms with Crippen LogP contribution in [0.3, 0.4) is 0 Å². The van der Waals surface area contributed by atoms with Crippen LogP contribution in [-0.4, -0.2) is 11.7 Å². The summed E-state index contributed by atoms with van der Waals surface area (Å²) in [5.74, 6) is 1.47. The molecule has 0 aromatic heterocycles. The number of hydrogen-bond donors (Lipinski definition) is 0. The summed E-state index contributed by atoms with van der Waals surface area (Å²) >= 11 is 5.63. The summed E-state index contributed by atoms with van der Waals surface area (Å²) in [6.07, 6.45) is 1.21. The van der Waals surface area contributed by atoms with Gasteiger partial charge in [-0.1, -0.05) is 24.3 Å². The maximum atomic E-state index is 12.0. The van der Waals surface area contributed by atoms with Gasteiger partial charge in [-0.15, -0.1) is 11.6 Å². The Morgan fingerprint density at radius 2 is 1.86 bits per heavy atom. The highest BCUT2D eigenvalue weighted by Crippen LogP contribution is 2.22. The van der Waals surface area contributed by atoms with Gasteiger partial charge in [0.1, 0.15) is 12.4 Å². The first-order valence-corrected chi connectivity index (χ1v) is 8.02. The third-order valence-electron chi connectivity index (χ3n) is 3.68. The zero-order chi connectivity index (χ0) is 15.9. The largest absolute Gasteiger partial charge is 0.489 e. The molecule has 0 fully saturated rings. The van der Waals surface area contributed by atoms with Crippen LogP contribution in [0.1, 0.15) is 39.9 Å². The molecule has 0 aliphatic heterocycles. The van der Waals surface area contributed by atoms with E-state index >= 15 is 0 Å². The van der Waals surface area contributed by atoms with Crippen LogP contribution in [0.15, 0.2) is 42.5 Å². The van der Waals surface area contributed by atoms with Crippen molar-refractivity contribution in [1.29, 1.82) is 0 Å². The lowest BCUT2D eigenvalue weighted by atomic mass is 10.0. The summed E-state index contributed by atoms with van der Waals surface area (Å²) in [4.78, 5) is 12.0. The molecular formula is C19H21ClO2. The Labute approximate surface area is 137 Å². The number of ether oxygens (including phenoxy) is 1. The van der Waals surface area contributed by atoms with Gasteiger partial charge in [0.25, 0.3) is 0 Å². The molecule has 116 valence electrons. The standard InChI is InChI=1S/C19H21ClO2/c1-14-6-3-4-7-17(14)13-22-19-10-9-16(12-15(19)2)18(21)8-5-11-20/h3-4,6-7,9-10,12H,5,8,11,13H2,1-2H3. The van der Waals surface area contributed by atoms with Gasteiger partial charge in [0, 0.05) is 17.9 Å².